The number of hydrogen-bond donors (Lipinski definition) is 0. The Morgan fingerprint density at radius 2 is 1.77 bits per heavy atom. The maximum atomic E-state index is 11.3. The molecule has 7 heteroatoms. The van der Waals surface area contributed by atoms with Gasteiger partial charge < -0.3 is 9.29 Å². The molecular formula is C24H39NO5S. The Morgan fingerprint density at radius 1 is 1.03 bits per heavy atom. The van der Waals surface area contributed by atoms with Crippen LogP contribution in [0.15, 0.2) is 24.3 Å². The molecule has 2 atom stereocenters. The lowest BCUT2D eigenvalue weighted by molar-refractivity contribution is -0.532. The summed E-state index contributed by atoms with van der Waals surface area (Å²) in [4.78, 5) is 0. The van der Waals surface area contributed by atoms with E-state index in [1.54, 1.807) is 0 Å². The van der Waals surface area contributed by atoms with Crippen LogP contribution in [0.4, 0.5) is 0 Å². The number of benzene rings is 1. The van der Waals surface area contributed by atoms with E-state index in [1.807, 2.05) is 29.0 Å². The number of fused-ring (bicyclic) bond motifs is 1. The zero-order valence-electron chi connectivity index (χ0n) is 19.1. The Bertz CT molecular complexity index is 778. The van der Waals surface area contributed by atoms with Crippen LogP contribution in [-0.4, -0.2) is 56.2 Å². The SMILES string of the molecule is CCCCCCC(CCCC)COCC(C[N+]1=Cc2ccccc2CC1)OS(=O)(=O)[O-]. The van der Waals surface area contributed by atoms with E-state index in [4.69, 9.17) is 8.92 Å². The number of hydrogen-bond acceptors (Lipinski definition) is 5. The molecule has 1 aromatic rings. The number of ether oxygens (including phenoxy) is 1. The van der Waals surface area contributed by atoms with Crippen LogP contribution in [0.2, 0.25) is 0 Å². The summed E-state index contributed by atoms with van der Waals surface area (Å²) >= 11 is 0. The number of unbranched alkanes of at least 4 members (excludes halogenated alkanes) is 4. The molecule has 0 amide bonds. The largest absolute Gasteiger partial charge is 0.726 e. The smallest absolute Gasteiger partial charge is 0.218 e. The highest BCUT2D eigenvalue weighted by atomic mass is 32.3. The maximum Gasteiger partial charge on any atom is 0.218 e. The van der Waals surface area contributed by atoms with Crippen molar-refractivity contribution in [2.45, 2.75) is 77.7 Å². The summed E-state index contributed by atoms with van der Waals surface area (Å²) in [5.74, 6) is 0.467. The molecule has 0 radical (unpaired) electrons. The second-order valence-electron chi connectivity index (χ2n) is 8.59. The van der Waals surface area contributed by atoms with Gasteiger partial charge in [-0.25, -0.2) is 13.0 Å². The molecule has 0 saturated heterocycles. The van der Waals surface area contributed by atoms with Crippen molar-refractivity contribution in [3.63, 3.8) is 0 Å². The van der Waals surface area contributed by atoms with Crippen LogP contribution in [0.1, 0.15) is 76.3 Å². The molecule has 0 aromatic heterocycles. The van der Waals surface area contributed by atoms with Crippen molar-refractivity contribution in [2.24, 2.45) is 5.92 Å². The van der Waals surface area contributed by atoms with Crippen molar-refractivity contribution in [3.8, 4) is 0 Å². The Kier molecular flexibility index (Phi) is 11.7. The lowest BCUT2D eigenvalue weighted by Crippen LogP contribution is -2.36. The third-order valence-corrected chi connectivity index (χ3v) is 6.33. The Morgan fingerprint density at radius 3 is 2.52 bits per heavy atom. The minimum absolute atomic E-state index is 0.102. The van der Waals surface area contributed by atoms with Gasteiger partial charge in [0.2, 0.25) is 10.4 Å². The van der Waals surface area contributed by atoms with E-state index in [0.717, 1.165) is 37.8 Å². The first-order valence-electron chi connectivity index (χ1n) is 11.8. The third-order valence-electron chi connectivity index (χ3n) is 5.83. The molecule has 0 bridgehead atoms. The van der Waals surface area contributed by atoms with Gasteiger partial charge >= 0.3 is 0 Å². The van der Waals surface area contributed by atoms with Crippen LogP contribution < -0.4 is 0 Å². The summed E-state index contributed by atoms with van der Waals surface area (Å²) in [6.07, 6.45) is 11.5. The summed E-state index contributed by atoms with van der Waals surface area (Å²) in [5, 5.41) is 0. The van der Waals surface area contributed by atoms with E-state index in [0.29, 0.717) is 19.1 Å². The van der Waals surface area contributed by atoms with Crippen molar-refractivity contribution in [1.29, 1.82) is 0 Å². The quantitative estimate of drug-likeness (QED) is 0.161. The molecule has 1 heterocycles. The van der Waals surface area contributed by atoms with Gasteiger partial charge in [0.1, 0.15) is 6.54 Å². The lowest BCUT2D eigenvalue weighted by Gasteiger charge is -2.22. The van der Waals surface area contributed by atoms with Crippen LogP contribution >= 0.6 is 0 Å². The summed E-state index contributed by atoms with van der Waals surface area (Å²) in [5.41, 5.74) is 2.39. The van der Waals surface area contributed by atoms with Crippen molar-refractivity contribution < 1.29 is 26.5 Å². The van der Waals surface area contributed by atoms with Crippen LogP contribution in [0.5, 0.6) is 0 Å². The molecule has 6 nitrogen and oxygen atoms in total. The number of rotatable bonds is 16. The van der Waals surface area contributed by atoms with Gasteiger partial charge in [-0.05, 0) is 30.4 Å². The fraction of sp³-hybridized carbons (Fsp3) is 0.708. The number of nitrogens with zero attached hydrogens (tertiary/aromatic N) is 1. The van der Waals surface area contributed by atoms with Gasteiger partial charge in [-0.15, -0.1) is 0 Å². The predicted molar refractivity (Wildman–Crippen MR) is 122 cm³/mol. The molecule has 2 rings (SSSR count). The minimum atomic E-state index is -4.79. The Balaban J connectivity index is 1.91. The van der Waals surface area contributed by atoms with Gasteiger partial charge in [-0.2, -0.15) is 0 Å². The van der Waals surface area contributed by atoms with Gasteiger partial charge in [0.15, 0.2) is 18.9 Å². The Labute approximate surface area is 188 Å². The normalized spacial score (nSPS) is 15.9. The van der Waals surface area contributed by atoms with Crippen LogP contribution in [0, 0.1) is 5.92 Å². The van der Waals surface area contributed by atoms with E-state index < -0.39 is 16.5 Å². The van der Waals surface area contributed by atoms with Crippen LogP contribution in [-0.2, 0) is 25.7 Å². The summed E-state index contributed by atoms with van der Waals surface area (Å²) < 4.78 is 46.5. The van der Waals surface area contributed by atoms with Crippen molar-refractivity contribution in [2.75, 3.05) is 26.3 Å². The van der Waals surface area contributed by atoms with E-state index in [1.165, 1.54) is 37.7 Å². The average Bonchev–Trinajstić information content (AvgIpc) is 2.73. The molecule has 0 N–H and O–H groups in total. The molecule has 1 aliphatic rings. The zero-order chi connectivity index (χ0) is 22.5. The summed E-state index contributed by atoms with van der Waals surface area (Å²) in [6, 6.07) is 8.13. The first kappa shape index (κ1) is 26.0. The molecule has 0 aliphatic carbocycles. The molecule has 176 valence electrons. The van der Waals surface area contributed by atoms with Crippen LogP contribution in [0.3, 0.4) is 0 Å². The van der Waals surface area contributed by atoms with Crippen molar-refractivity contribution >= 4 is 16.6 Å². The van der Waals surface area contributed by atoms with E-state index in [9.17, 15) is 13.0 Å². The molecule has 1 aromatic carbocycles. The van der Waals surface area contributed by atoms with Gasteiger partial charge in [-0.1, -0.05) is 70.6 Å². The lowest BCUT2D eigenvalue weighted by atomic mass is 9.96. The second-order valence-corrected chi connectivity index (χ2v) is 9.60. The monoisotopic (exact) mass is 453 g/mol. The van der Waals surface area contributed by atoms with Crippen LogP contribution in [0.25, 0.3) is 0 Å². The van der Waals surface area contributed by atoms with E-state index >= 15 is 0 Å². The average molecular weight is 454 g/mol. The summed E-state index contributed by atoms with van der Waals surface area (Å²) in [6.45, 7) is 6.15. The topological polar surface area (TPSA) is 78.7 Å². The zero-order valence-corrected chi connectivity index (χ0v) is 19.9. The predicted octanol–water partition coefficient (Wildman–Crippen LogP) is 4.31. The highest BCUT2D eigenvalue weighted by molar-refractivity contribution is 7.80. The Hall–Kier alpha value is -1.28. The fourth-order valence-corrected chi connectivity index (χ4v) is 4.58. The van der Waals surface area contributed by atoms with Crippen molar-refractivity contribution in [1.82, 2.24) is 0 Å². The third kappa shape index (κ3) is 10.7. The molecule has 0 fully saturated rings. The highest BCUT2D eigenvalue weighted by Gasteiger charge is 2.23. The standard InChI is InChI=1S/C24H39NO5S/c1-3-5-7-8-12-21(11-6-4-2)19-29-20-24(30-31(26,27)28)18-25-16-15-22-13-9-10-14-23(22)17-25/h9-10,13-14,17,21,24H,3-8,11-12,15-16,18-20H2,1-2H3. The summed E-state index contributed by atoms with van der Waals surface area (Å²) in [7, 11) is -4.79. The fourth-order valence-electron chi connectivity index (χ4n) is 4.13. The van der Waals surface area contributed by atoms with Gasteiger partial charge in [0.05, 0.1) is 6.61 Å². The molecule has 1 aliphatic heterocycles. The van der Waals surface area contributed by atoms with Gasteiger partial charge in [-0.3, -0.25) is 4.18 Å². The molecule has 0 spiro atoms. The molecule has 0 saturated carbocycles. The molecule has 31 heavy (non-hydrogen) atoms. The maximum absolute atomic E-state index is 11.3. The minimum Gasteiger partial charge on any atom is -0.726 e. The molecule has 2 unspecified atom stereocenters. The van der Waals surface area contributed by atoms with E-state index in [-0.39, 0.29) is 6.61 Å². The first-order valence-corrected chi connectivity index (χ1v) is 13.1. The highest BCUT2D eigenvalue weighted by Crippen LogP contribution is 2.18. The van der Waals surface area contributed by atoms with Gasteiger partial charge in [0, 0.05) is 18.6 Å². The molecular weight excluding hydrogens is 414 g/mol. The first-order chi connectivity index (χ1) is 14.9. The second kappa shape index (κ2) is 14.0. The van der Waals surface area contributed by atoms with Gasteiger partial charge in [0.25, 0.3) is 0 Å². The van der Waals surface area contributed by atoms with E-state index in [2.05, 4.69) is 19.9 Å². The van der Waals surface area contributed by atoms with Crippen molar-refractivity contribution in [3.05, 3.63) is 35.4 Å².